The molecule has 1 aliphatic rings. The third-order valence-corrected chi connectivity index (χ3v) is 3.78. The van der Waals surface area contributed by atoms with Crippen molar-refractivity contribution < 1.29 is 4.74 Å². The first-order valence-corrected chi connectivity index (χ1v) is 7.60. The Kier molecular flexibility index (Phi) is 5.64. The average molecular weight is 262 g/mol. The lowest BCUT2D eigenvalue weighted by Crippen LogP contribution is -2.25. The van der Waals surface area contributed by atoms with E-state index in [0.717, 1.165) is 31.2 Å². The van der Waals surface area contributed by atoms with E-state index in [4.69, 9.17) is 4.74 Å². The summed E-state index contributed by atoms with van der Waals surface area (Å²) in [5.74, 6) is 1.81. The van der Waals surface area contributed by atoms with Crippen LogP contribution in [0.4, 0.5) is 0 Å². The zero-order valence-corrected chi connectivity index (χ0v) is 12.2. The minimum absolute atomic E-state index is 0.385. The molecule has 2 unspecified atom stereocenters. The highest BCUT2D eigenvalue weighted by Crippen LogP contribution is 2.28. The Morgan fingerprint density at radius 2 is 2.32 bits per heavy atom. The van der Waals surface area contributed by atoms with Gasteiger partial charge in [0.1, 0.15) is 5.75 Å². The van der Waals surface area contributed by atoms with Gasteiger partial charge < -0.3 is 10.1 Å². The Morgan fingerprint density at radius 3 is 3.11 bits per heavy atom. The lowest BCUT2D eigenvalue weighted by Gasteiger charge is -2.28. The molecular weight excluding hydrogens is 236 g/mol. The van der Waals surface area contributed by atoms with E-state index >= 15 is 0 Å². The van der Waals surface area contributed by atoms with Gasteiger partial charge in [0.05, 0.1) is 6.10 Å². The van der Waals surface area contributed by atoms with Crippen LogP contribution >= 0.6 is 0 Å². The van der Waals surface area contributed by atoms with Crippen molar-refractivity contribution in [2.24, 2.45) is 5.92 Å². The third kappa shape index (κ3) is 4.50. The van der Waals surface area contributed by atoms with Crippen LogP contribution in [0.1, 0.15) is 51.5 Å². The van der Waals surface area contributed by atoms with Crippen LogP contribution in [-0.4, -0.2) is 17.6 Å². The molecule has 3 heteroatoms. The zero-order valence-electron chi connectivity index (χ0n) is 12.2. The molecular formula is C16H26N2O. The fourth-order valence-corrected chi connectivity index (χ4v) is 2.73. The molecule has 0 amide bonds. The average Bonchev–Trinajstić information content (AvgIpc) is 2.41. The predicted molar refractivity (Wildman–Crippen MR) is 78.3 cm³/mol. The molecule has 0 spiro atoms. The van der Waals surface area contributed by atoms with Gasteiger partial charge in [0.25, 0.3) is 0 Å². The molecule has 1 fully saturated rings. The number of pyridine rings is 1. The van der Waals surface area contributed by atoms with Crippen molar-refractivity contribution in [3.63, 3.8) is 0 Å². The summed E-state index contributed by atoms with van der Waals surface area (Å²) in [6.07, 6.45) is 10.3. The Hall–Kier alpha value is -1.09. The standard InChI is InChI=1S/C16H26N2O/c1-3-8-17-11-14-12-18-9-7-16(14)19-15-6-4-5-13(2)10-15/h7,9,12-13,15,17H,3-6,8,10-11H2,1-2H3. The maximum Gasteiger partial charge on any atom is 0.127 e. The maximum absolute atomic E-state index is 6.21. The number of rotatable bonds is 6. The van der Waals surface area contributed by atoms with E-state index in [-0.39, 0.29) is 0 Å². The maximum atomic E-state index is 6.21. The summed E-state index contributed by atoms with van der Waals surface area (Å²) < 4.78 is 6.21. The van der Waals surface area contributed by atoms with E-state index in [1.54, 1.807) is 0 Å². The van der Waals surface area contributed by atoms with Crippen LogP contribution in [0.2, 0.25) is 0 Å². The Bertz CT molecular complexity index is 381. The number of nitrogens with one attached hydrogen (secondary N) is 1. The lowest BCUT2D eigenvalue weighted by molar-refractivity contribution is 0.127. The van der Waals surface area contributed by atoms with Gasteiger partial charge in [0, 0.05) is 24.5 Å². The van der Waals surface area contributed by atoms with Crippen molar-refractivity contribution in [1.29, 1.82) is 0 Å². The quantitative estimate of drug-likeness (QED) is 0.796. The van der Waals surface area contributed by atoms with Crippen molar-refractivity contribution >= 4 is 0 Å². The molecule has 1 aromatic rings. The molecule has 106 valence electrons. The summed E-state index contributed by atoms with van der Waals surface area (Å²) in [6, 6.07) is 2.00. The second-order valence-electron chi connectivity index (χ2n) is 5.67. The molecule has 0 radical (unpaired) electrons. The topological polar surface area (TPSA) is 34.2 Å². The molecule has 0 aliphatic heterocycles. The second kappa shape index (κ2) is 7.49. The van der Waals surface area contributed by atoms with E-state index in [0.29, 0.717) is 6.10 Å². The van der Waals surface area contributed by atoms with E-state index < -0.39 is 0 Å². The van der Waals surface area contributed by atoms with E-state index in [1.807, 2.05) is 18.5 Å². The van der Waals surface area contributed by atoms with Crippen molar-refractivity contribution in [3.05, 3.63) is 24.0 Å². The highest BCUT2D eigenvalue weighted by atomic mass is 16.5. The first kappa shape index (κ1) is 14.3. The van der Waals surface area contributed by atoms with E-state index in [1.165, 1.54) is 31.2 Å². The van der Waals surface area contributed by atoms with Crippen molar-refractivity contribution in [2.45, 2.75) is 58.6 Å². The third-order valence-electron chi connectivity index (χ3n) is 3.78. The summed E-state index contributed by atoms with van der Waals surface area (Å²) in [5.41, 5.74) is 1.18. The van der Waals surface area contributed by atoms with Gasteiger partial charge in [-0.1, -0.05) is 20.3 Å². The van der Waals surface area contributed by atoms with E-state index in [9.17, 15) is 0 Å². The summed E-state index contributed by atoms with van der Waals surface area (Å²) in [4.78, 5) is 4.21. The highest BCUT2D eigenvalue weighted by Gasteiger charge is 2.21. The van der Waals surface area contributed by atoms with E-state index in [2.05, 4.69) is 24.1 Å². The predicted octanol–water partition coefficient (Wildman–Crippen LogP) is 3.54. The second-order valence-corrected chi connectivity index (χ2v) is 5.67. The van der Waals surface area contributed by atoms with Gasteiger partial charge in [-0.2, -0.15) is 0 Å². The van der Waals surface area contributed by atoms with Gasteiger partial charge in [0.15, 0.2) is 0 Å². The van der Waals surface area contributed by atoms with Crippen LogP contribution < -0.4 is 10.1 Å². The molecule has 3 nitrogen and oxygen atoms in total. The highest BCUT2D eigenvalue weighted by molar-refractivity contribution is 5.30. The van der Waals surface area contributed by atoms with Crippen LogP contribution in [0.15, 0.2) is 18.5 Å². The molecule has 19 heavy (non-hydrogen) atoms. The lowest BCUT2D eigenvalue weighted by atomic mass is 9.88. The minimum atomic E-state index is 0.385. The van der Waals surface area contributed by atoms with Crippen molar-refractivity contribution in [3.8, 4) is 5.75 Å². The van der Waals surface area contributed by atoms with Gasteiger partial charge in [-0.3, -0.25) is 4.98 Å². The monoisotopic (exact) mass is 262 g/mol. The van der Waals surface area contributed by atoms with Crippen molar-refractivity contribution in [1.82, 2.24) is 10.3 Å². The summed E-state index contributed by atoms with van der Waals surface area (Å²) in [6.45, 7) is 6.39. The Balaban J connectivity index is 1.94. The smallest absolute Gasteiger partial charge is 0.127 e. The normalized spacial score (nSPS) is 23.3. The largest absolute Gasteiger partial charge is 0.490 e. The number of aromatic nitrogens is 1. The number of hydrogen-bond acceptors (Lipinski definition) is 3. The molecule has 0 saturated heterocycles. The van der Waals surface area contributed by atoms with Crippen LogP contribution in [0.3, 0.4) is 0 Å². The molecule has 2 atom stereocenters. The van der Waals surface area contributed by atoms with Gasteiger partial charge in [0.2, 0.25) is 0 Å². The first-order valence-electron chi connectivity index (χ1n) is 7.60. The number of nitrogens with zero attached hydrogens (tertiary/aromatic N) is 1. The SMILES string of the molecule is CCCNCc1cnccc1OC1CCCC(C)C1. The molecule has 2 rings (SSSR count). The molecule has 0 aromatic carbocycles. The van der Waals surface area contributed by atoms with Crippen LogP contribution in [0.25, 0.3) is 0 Å². The minimum Gasteiger partial charge on any atom is -0.490 e. The fourth-order valence-electron chi connectivity index (χ4n) is 2.73. The Labute approximate surface area is 116 Å². The number of ether oxygens (including phenoxy) is 1. The van der Waals surface area contributed by atoms with Crippen LogP contribution in [-0.2, 0) is 6.54 Å². The molecule has 1 N–H and O–H groups in total. The Morgan fingerprint density at radius 1 is 1.42 bits per heavy atom. The van der Waals surface area contributed by atoms with Gasteiger partial charge >= 0.3 is 0 Å². The van der Waals surface area contributed by atoms with Crippen molar-refractivity contribution in [2.75, 3.05) is 6.54 Å². The van der Waals surface area contributed by atoms with Gasteiger partial charge in [-0.05, 0) is 44.2 Å². The van der Waals surface area contributed by atoms with Crippen LogP contribution in [0, 0.1) is 5.92 Å². The summed E-state index contributed by atoms with van der Waals surface area (Å²) >= 11 is 0. The van der Waals surface area contributed by atoms with Gasteiger partial charge in [-0.25, -0.2) is 0 Å². The molecule has 0 bridgehead atoms. The summed E-state index contributed by atoms with van der Waals surface area (Å²) in [5, 5.41) is 3.42. The summed E-state index contributed by atoms with van der Waals surface area (Å²) in [7, 11) is 0. The molecule has 1 aliphatic carbocycles. The first-order chi connectivity index (χ1) is 9.29. The molecule has 1 heterocycles. The number of hydrogen-bond donors (Lipinski definition) is 1. The fraction of sp³-hybridized carbons (Fsp3) is 0.688. The molecule has 1 aromatic heterocycles. The molecule has 1 saturated carbocycles. The zero-order chi connectivity index (χ0) is 13.5. The van der Waals surface area contributed by atoms with Gasteiger partial charge in [-0.15, -0.1) is 0 Å². The van der Waals surface area contributed by atoms with Crippen LogP contribution in [0.5, 0.6) is 5.75 Å².